The predicted octanol–water partition coefficient (Wildman–Crippen LogP) is 3.09. The fraction of sp³-hybridized carbons (Fsp3) is 0.520. The Kier molecular flexibility index (Phi) is 8.86. The summed E-state index contributed by atoms with van der Waals surface area (Å²) in [5, 5.41) is 3.80. The van der Waals surface area contributed by atoms with Crippen molar-refractivity contribution in [3.8, 4) is 0 Å². The van der Waals surface area contributed by atoms with Gasteiger partial charge < -0.3 is 20.0 Å². The minimum Gasteiger partial charge on any atom is -0.354 e. The van der Waals surface area contributed by atoms with Gasteiger partial charge in [-0.2, -0.15) is 0 Å². The fourth-order valence-electron chi connectivity index (χ4n) is 4.48. The van der Waals surface area contributed by atoms with Crippen LogP contribution >= 0.6 is 23.4 Å². The quantitative estimate of drug-likeness (QED) is 0.328. The van der Waals surface area contributed by atoms with Crippen LogP contribution in [0.1, 0.15) is 35.7 Å². The average molecular weight is 517 g/mol. The van der Waals surface area contributed by atoms with Crippen LogP contribution in [-0.2, 0) is 4.79 Å². The number of amides is 2. The highest BCUT2D eigenvalue weighted by molar-refractivity contribution is 7.99. The van der Waals surface area contributed by atoms with E-state index in [4.69, 9.17) is 11.6 Å². The number of anilines is 1. The Morgan fingerprint density at radius 3 is 2.57 bits per heavy atom. The van der Waals surface area contributed by atoms with Crippen LogP contribution in [0.4, 0.5) is 5.82 Å². The third-order valence-corrected chi connectivity index (χ3v) is 7.49. The number of carbonyl (C=O) groups excluding carboxylic acids is 2. The molecule has 2 amide bonds. The maximum atomic E-state index is 13.0. The summed E-state index contributed by atoms with van der Waals surface area (Å²) in [5.41, 5.74) is 1.84. The lowest BCUT2D eigenvalue weighted by Gasteiger charge is -2.40. The van der Waals surface area contributed by atoms with E-state index in [1.165, 1.54) is 24.6 Å². The van der Waals surface area contributed by atoms with Crippen LogP contribution in [0, 0.1) is 6.92 Å². The molecule has 4 rings (SSSR count). The van der Waals surface area contributed by atoms with E-state index in [2.05, 4.69) is 25.1 Å². The summed E-state index contributed by atoms with van der Waals surface area (Å²) in [6.07, 6.45) is 2.49. The van der Waals surface area contributed by atoms with Crippen molar-refractivity contribution in [1.29, 1.82) is 0 Å². The van der Waals surface area contributed by atoms with E-state index < -0.39 is 0 Å². The SMILES string of the molecule is Cc1ccc(C(=O)N2CCN(c3cc(Cl)nc(SCC(=O)NCCN4CCCC4)n3)CC2C)cc1. The molecule has 8 nitrogen and oxygen atoms in total. The molecule has 3 heterocycles. The number of carbonyl (C=O) groups is 2. The molecule has 1 unspecified atom stereocenters. The van der Waals surface area contributed by atoms with Gasteiger partial charge in [-0.3, -0.25) is 9.59 Å². The number of aryl methyl sites for hydroxylation is 1. The van der Waals surface area contributed by atoms with Crippen LogP contribution in [0.3, 0.4) is 0 Å². The molecule has 1 aromatic carbocycles. The maximum absolute atomic E-state index is 13.0. The van der Waals surface area contributed by atoms with Gasteiger partial charge in [0.15, 0.2) is 5.16 Å². The molecule has 1 aromatic heterocycles. The second-order valence-electron chi connectivity index (χ2n) is 9.18. The number of piperazine rings is 1. The smallest absolute Gasteiger partial charge is 0.254 e. The van der Waals surface area contributed by atoms with Crippen molar-refractivity contribution in [2.45, 2.75) is 37.9 Å². The van der Waals surface area contributed by atoms with Gasteiger partial charge in [0.25, 0.3) is 5.91 Å². The molecule has 1 N–H and O–H groups in total. The van der Waals surface area contributed by atoms with E-state index >= 15 is 0 Å². The molecule has 1 atom stereocenters. The topological polar surface area (TPSA) is 81.7 Å². The third-order valence-electron chi connectivity index (χ3n) is 6.45. The van der Waals surface area contributed by atoms with Crippen LogP contribution in [-0.4, -0.2) is 89.2 Å². The highest BCUT2D eigenvalue weighted by Crippen LogP contribution is 2.24. The molecule has 10 heteroatoms. The number of hydrogen-bond donors (Lipinski definition) is 1. The molecule has 0 aliphatic carbocycles. The molecule has 2 saturated heterocycles. The number of nitrogens with one attached hydrogen (secondary N) is 1. The van der Waals surface area contributed by atoms with Crippen molar-refractivity contribution in [2.75, 3.05) is 56.5 Å². The molecule has 0 radical (unpaired) electrons. The number of thioether (sulfide) groups is 1. The summed E-state index contributed by atoms with van der Waals surface area (Å²) < 4.78 is 0. The monoisotopic (exact) mass is 516 g/mol. The van der Waals surface area contributed by atoms with Crippen molar-refractivity contribution in [3.63, 3.8) is 0 Å². The Balaban J connectivity index is 1.30. The van der Waals surface area contributed by atoms with Gasteiger partial charge in [0, 0.05) is 50.4 Å². The summed E-state index contributed by atoms with van der Waals surface area (Å²) in [5.74, 6) is 0.979. The number of benzene rings is 1. The number of halogens is 1. The third kappa shape index (κ3) is 7.08. The van der Waals surface area contributed by atoms with Gasteiger partial charge >= 0.3 is 0 Å². The number of rotatable bonds is 8. The summed E-state index contributed by atoms with van der Waals surface area (Å²) in [7, 11) is 0. The first-order chi connectivity index (χ1) is 16.9. The van der Waals surface area contributed by atoms with Gasteiger partial charge in [0.1, 0.15) is 11.0 Å². The molecule has 2 fully saturated rings. The van der Waals surface area contributed by atoms with Gasteiger partial charge in [-0.05, 0) is 51.9 Å². The maximum Gasteiger partial charge on any atom is 0.254 e. The summed E-state index contributed by atoms with van der Waals surface area (Å²) in [4.78, 5) is 40.6. The zero-order chi connectivity index (χ0) is 24.8. The Labute approximate surface area is 216 Å². The molecule has 188 valence electrons. The first kappa shape index (κ1) is 25.7. The highest BCUT2D eigenvalue weighted by atomic mass is 35.5. The summed E-state index contributed by atoms with van der Waals surface area (Å²) in [6, 6.07) is 9.45. The molecule has 0 saturated carbocycles. The van der Waals surface area contributed by atoms with Crippen molar-refractivity contribution in [3.05, 3.63) is 46.6 Å². The fourth-order valence-corrected chi connectivity index (χ4v) is 5.39. The Bertz CT molecular complexity index is 1030. The summed E-state index contributed by atoms with van der Waals surface area (Å²) in [6.45, 7) is 9.74. The van der Waals surface area contributed by atoms with Gasteiger partial charge in [-0.25, -0.2) is 9.97 Å². The largest absolute Gasteiger partial charge is 0.354 e. The van der Waals surface area contributed by atoms with Crippen molar-refractivity contribution in [2.24, 2.45) is 0 Å². The van der Waals surface area contributed by atoms with Crippen LogP contribution < -0.4 is 10.2 Å². The van der Waals surface area contributed by atoms with E-state index in [0.717, 1.165) is 31.0 Å². The first-order valence-electron chi connectivity index (χ1n) is 12.2. The number of nitrogens with zero attached hydrogens (tertiary/aromatic N) is 5. The molecule has 2 aromatic rings. The zero-order valence-electron chi connectivity index (χ0n) is 20.4. The van der Waals surface area contributed by atoms with Crippen molar-refractivity contribution >= 4 is 41.0 Å². The Morgan fingerprint density at radius 2 is 1.86 bits per heavy atom. The Morgan fingerprint density at radius 1 is 1.11 bits per heavy atom. The first-order valence-corrected chi connectivity index (χ1v) is 13.5. The lowest BCUT2D eigenvalue weighted by atomic mass is 10.1. The molecular weight excluding hydrogens is 484 g/mol. The van der Waals surface area contributed by atoms with Crippen molar-refractivity contribution in [1.82, 2.24) is 25.1 Å². The minimum atomic E-state index is -0.0313. The van der Waals surface area contributed by atoms with E-state index in [0.29, 0.717) is 42.1 Å². The number of hydrogen-bond acceptors (Lipinski definition) is 7. The zero-order valence-corrected chi connectivity index (χ0v) is 21.9. The van der Waals surface area contributed by atoms with Gasteiger partial charge in [-0.15, -0.1) is 0 Å². The Hall–Kier alpha value is -2.36. The molecule has 2 aliphatic heterocycles. The van der Waals surface area contributed by atoms with Gasteiger partial charge in [0.2, 0.25) is 5.91 Å². The number of likely N-dealkylation sites (tertiary alicyclic amines) is 1. The second-order valence-corrected chi connectivity index (χ2v) is 10.5. The second kappa shape index (κ2) is 12.1. The van der Waals surface area contributed by atoms with E-state index in [9.17, 15) is 9.59 Å². The number of aromatic nitrogens is 2. The lowest BCUT2D eigenvalue weighted by molar-refractivity contribution is -0.118. The van der Waals surface area contributed by atoms with Crippen molar-refractivity contribution < 1.29 is 9.59 Å². The summed E-state index contributed by atoms with van der Waals surface area (Å²) >= 11 is 7.57. The molecule has 0 spiro atoms. The van der Waals surface area contributed by atoms with Crippen LogP contribution in [0.15, 0.2) is 35.5 Å². The van der Waals surface area contributed by atoms with Crippen LogP contribution in [0.5, 0.6) is 0 Å². The molecule has 35 heavy (non-hydrogen) atoms. The van der Waals surface area contributed by atoms with E-state index in [1.807, 2.05) is 43.0 Å². The van der Waals surface area contributed by atoms with Gasteiger partial charge in [0.05, 0.1) is 5.75 Å². The minimum absolute atomic E-state index is 0.0174. The average Bonchev–Trinajstić information content (AvgIpc) is 3.36. The van der Waals surface area contributed by atoms with E-state index in [1.54, 1.807) is 6.07 Å². The lowest BCUT2D eigenvalue weighted by Crippen LogP contribution is -2.54. The molecule has 0 bridgehead atoms. The van der Waals surface area contributed by atoms with E-state index in [-0.39, 0.29) is 23.6 Å². The highest BCUT2D eigenvalue weighted by Gasteiger charge is 2.29. The normalized spacial score (nSPS) is 18.7. The standard InChI is InChI=1S/C25H33ClN6O2S/c1-18-5-7-20(8-6-18)24(34)32-14-13-31(16-19(32)2)22-15-21(26)28-25(29-22)35-17-23(33)27-9-12-30-10-3-4-11-30/h5-8,15,19H,3-4,9-14,16-17H2,1-2H3,(H,27,33). The van der Waals surface area contributed by atoms with Crippen LogP contribution in [0.25, 0.3) is 0 Å². The predicted molar refractivity (Wildman–Crippen MR) is 140 cm³/mol. The van der Waals surface area contributed by atoms with Gasteiger partial charge in [-0.1, -0.05) is 41.1 Å². The molecule has 2 aliphatic rings. The van der Waals surface area contributed by atoms with Crippen LogP contribution in [0.2, 0.25) is 5.15 Å². The molecular formula is C25H33ClN6O2S.